The number of hydrogen-bond donors (Lipinski definition) is 4. The normalized spacial score (nSPS) is 36.2. The standard InChI is InChI=1S/C7H14O6.2C2H6/c1-12-7-6(11)5(10)4(9)3(2-8)13-7;2*1-2/h3-11H,2H2,1H3;2*1-2H3/t3-,4-,5+,6-,7?;;/m1../s1. The molecule has 6 heteroatoms. The highest BCUT2D eigenvalue weighted by molar-refractivity contribution is 4.88. The van der Waals surface area contributed by atoms with Gasteiger partial charge < -0.3 is 29.9 Å². The van der Waals surface area contributed by atoms with Gasteiger partial charge in [0.25, 0.3) is 0 Å². The number of methoxy groups -OCH3 is 1. The van der Waals surface area contributed by atoms with Crippen LogP contribution in [-0.4, -0.2) is 64.8 Å². The van der Waals surface area contributed by atoms with Crippen molar-refractivity contribution in [1.29, 1.82) is 0 Å². The fraction of sp³-hybridized carbons (Fsp3) is 1.00. The average molecular weight is 254 g/mol. The van der Waals surface area contributed by atoms with Crippen LogP contribution in [0.3, 0.4) is 0 Å². The van der Waals surface area contributed by atoms with Crippen molar-refractivity contribution >= 4 is 0 Å². The molecule has 1 heterocycles. The van der Waals surface area contributed by atoms with Crippen molar-refractivity contribution in [3.63, 3.8) is 0 Å². The van der Waals surface area contributed by atoms with Gasteiger partial charge in [-0.3, -0.25) is 0 Å². The highest BCUT2D eigenvalue weighted by Crippen LogP contribution is 2.20. The molecule has 17 heavy (non-hydrogen) atoms. The second kappa shape index (κ2) is 10.9. The summed E-state index contributed by atoms with van der Waals surface area (Å²) >= 11 is 0. The molecule has 1 fully saturated rings. The van der Waals surface area contributed by atoms with Gasteiger partial charge in [-0.05, 0) is 0 Å². The van der Waals surface area contributed by atoms with Crippen molar-refractivity contribution in [1.82, 2.24) is 0 Å². The van der Waals surface area contributed by atoms with Crippen molar-refractivity contribution in [2.24, 2.45) is 0 Å². The van der Waals surface area contributed by atoms with Crippen molar-refractivity contribution in [3.8, 4) is 0 Å². The zero-order valence-corrected chi connectivity index (χ0v) is 11.2. The Labute approximate surface area is 103 Å². The Morgan fingerprint density at radius 1 is 0.941 bits per heavy atom. The van der Waals surface area contributed by atoms with Crippen LogP contribution < -0.4 is 0 Å². The molecule has 0 spiro atoms. The molecule has 1 aliphatic rings. The van der Waals surface area contributed by atoms with Crippen LogP contribution in [0.1, 0.15) is 27.7 Å². The van der Waals surface area contributed by atoms with Gasteiger partial charge in [0, 0.05) is 7.11 Å². The average Bonchev–Trinajstić information content (AvgIpc) is 2.41. The summed E-state index contributed by atoms with van der Waals surface area (Å²) < 4.78 is 9.65. The van der Waals surface area contributed by atoms with Crippen LogP contribution in [0, 0.1) is 0 Å². The first-order valence-corrected chi connectivity index (χ1v) is 5.95. The van der Waals surface area contributed by atoms with Gasteiger partial charge in [0.1, 0.15) is 24.4 Å². The predicted octanol–water partition coefficient (Wildman–Crippen LogP) is -0.515. The highest BCUT2D eigenvalue weighted by atomic mass is 16.7. The number of ether oxygens (including phenoxy) is 2. The summed E-state index contributed by atoms with van der Waals surface area (Å²) in [5.74, 6) is 0. The highest BCUT2D eigenvalue weighted by Gasteiger charge is 2.43. The van der Waals surface area contributed by atoms with Gasteiger partial charge in [-0.1, -0.05) is 27.7 Å². The van der Waals surface area contributed by atoms with Crippen molar-refractivity contribution in [3.05, 3.63) is 0 Å². The lowest BCUT2D eigenvalue weighted by atomic mass is 9.99. The Balaban J connectivity index is 0. The maximum absolute atomic E-state index is 9.28. The maximum atomic E-state index is 9.28. The fourth-order valence-corrected chi connectivity index (χ4v) is 1.26. The lowest BCUT2D eigenvalue weighted by molar-refractivity contribution is -0.294. The molecule has 0 bridgehead atoms. The van der Waals surface area contributed by atoms with Crippen LogP contribution >= 0.6 is 0 Å². The largest absolute Gasteiger partial charge is 0.394 e. The zero-order valence-electron chi connectivity index (χ0n) is 11.2. The van der Waals surface area contributed by atoms with E-state index in [4.69, 9.17) is 14.6 Å². The third-order valence-corrected chi connectivity index (χ3v) is 2.08. The van der Waals surface area contributed by atoms with E-state index >= 15 is 0 Å². The summed E-state index contributed by atoms with van der Waals surface area (Å²) in [5, 5.41) is 36.6. The van der Waals surface area contributed by atoms with E-state index in [1.165, 1.54) is 7.11 Å². The van der Waals surface area contributed by atoms with Crippen LogP contribution in [0.4, 0.5) is 0 Å². The van der Waals surface area contributed by atoms with E-state index in [9.17, 15) is 15.3 Å². The van der Waals surface area contributed by atoms with E-state index in [1.807, 2.05) is 27.7 Å². The lowest BCUT2D eigenvalue weighted by Crippen LogP contribution is -2.58. The Morgan fingerprint density at radius 3 is 1.76 bits per heavy atom. The Bertz CT molecular complexity index is 146. The van der Waals surface area contributed by atoms with E-state index in [2.05, 4.69) is 0 Å². The summed E-state index contributed by atoms with van der Waals surface area (Å²) in [6, 6.07) is 0. The molecule has 0 aliphatic carbocycles. The Morgan fingerprint density at radius 2 is 1.41 bits per heavy atom. The number of rotatable bonds is 2. The molecule has 0 aromatic heterocycles. The van der Waals surface area contributed by atoms with Crippen molar-refractivity contribution < 1.29 is 29.9 Å². The molecule has 0 amide bonds. The lowest BCUT2D eigenvalue weighted by Gasteiger charge is -2.38. The molecule has 0 saturated carbocycles. The van der Waals surface area contributed by atoms with E-state index in [0.29, 0.717) is 0 Å². The summed E-state index contributed by atoms with van der Waals surface area (Å²) in [6.45, 7) is 7.56. The topological polar surface area (TPSA) is 99.4 Å². The molecule has 5 atom stereocenters. The molecular formula is C11H26O6. The Kier molecular flexibility index (Phi) is 12.2. The smallest absolute Gasteiger partial charge is 0.186 e. The van der Waals surface area contributed by atoms with Gasteiger partial charge in [0.15, 0.2) is 6.29 Å². The first-order chi connectivity index (χ1) is 8.11. The first-order valence-electron chi connectivity index (χ1n) is 5.95. The molecule has 1 saturated heterocycles. The van der Waals surface area contributed by atoms with Gasteiger partial charge in [-0.2, -0.15) is 0 Å². The molecule has 6 nitrogen and oxygen atoms in total. The second-order valence-corrected chi connectivity index (χ2v) is 2.93. The minimum Gasteiger partial charge on any atom is -0.394 e. The van der Waals surface area contributed by atoms with Gasteiger partial charge in [0.2, 0.25) is 0 Å². The van der Waals surface area contributed by atoms with Crippen LogP contribution in [0.2, 0.25) is 0 Å². The van der Waals surface area contributed by atoms with Crippen molar-refractivity contribution in [2.45, 2.75) is 58.4 Å². The van der Waals surface area contributed by atoms with Gasteiger partial charge in [0.05, 0.1) is 6.61 Å². The van der Waals surface area contributed by atoms with E-state index < -0.39 is 37.3 Å². The third kappa shape index (κ3) is 5.29. The quantitative estimate of drug-likeness (QED) is 0.529. The molecule has 1 rings (SSSR count). The molecule has 1 unspecified atom stereocenters. The zero-order chi connectivity index (χ0) is 14.0. The second-order valence-electron chi connectivity index (χ2n) is 2.93. The molecule has 106 valence electrons. The number of aliphatic hydroxyl groups excluding tert-OH is 4. The summed E-state index contributed by atoms with van der Waals surface area (Å²) in [4.78, 5) is 0. The molecular weight excluding hydrogens is 228 g/mol. The van der Waals surface area contributed by atoms with E-state index in [-0.39, 0.29) is 0 Å². The fourth-order valence-electron chi connectivity index (χ4n) is 1.26. The van der Waals surface area contributed by atoms with E-state index in [0.717, 1.165) is 0 Å². The van der Waals surface area contributed by atoms with Gasteiger partial charge >= 0.3 is 0 Å². The number of hydrogen-bond acceptors (Lipinski definition) is 6. The SMILES string of the molecule is CC.CC.COC1O[C@H](CO)[C@@H](O)[C@H](O)[C@H]1O. The molecule has 0 aromatic rings. The van der Waals surface area contributed by atoms with Gasteiger partial charge in [-0.25, -0.2) is 0 Å². The molecule has 1 aliphatic heterocycles. The maximum Gasteiger partial charge on any atom is 0.186 e. The van der Waals surface area contributed by atoms with Crippen LogP contribution in [0.25, 0.3) is 0 Å². The minimum absolute atomic E-state index is 0.440. The van der Waals surface area contributed by atoms with Crippen LogP contribution in [0.5, 0.6) is 0 Å². The summed E-state index contributed by atoms with van der Waals surface area (Å²) in [7, 11) is 1.30. The van der Waals surface area contributed by atoms with Gasteiger partial charge in [-0.15, -0.1) is 0 Å². The van der Waals surface area contributed by atoms with Crippen molar-refractivity contribution in [2.75, 3.05) is 13.7 Å². The molecule has 4 N–H and O–H groups in total. The number of aliphatic hydroxyl groups is 4. The summed E-state index contributed by atoms with van der Waals surface area (Å²) in [6.07, 6.45) is -5.91. The molecule has 0 radical (unpaired) electrons. The van der Waals surface area contributed by atoms with Crippen LogP contribution in [-0.2, 0) is 9.47 Å². The first kappa shape index (κ1) is 19.1. The Hall–Kier alpha value is -0.240. The minimum atomic E-state index is -1.36. The van der Waals surface area contributed by atoms with Crippen LogP contribution in [0.15, 0.2) is 0 Å². The predicted molar refractivity (Wildman–Crippen MR) is 63.5 cm³/mol. The third-order valence-electron chi connectivity index (χ3n) is 2.08. The van der Waals surface area contributed by atoms with E-state index in [1.54, 1.807) is 0 Å². The molecule has 0 aromatic carbocycles. The summed E-state index contributed by atoms with van der Waals surface area (Å²) in [5.41, 5.74) is 0. The monoisotopic (exact) mass is 254 g/mol.